The van der Waals surface area contributed by atoms with Crippen LogP contribution in [0.15, 0.2) is 41.1 Å². The van der Waals surface area contributed by atoms with E-state index in [2.05, 4.69) is 22.4 Å². The van der Waals surface area contributed by atoms with E-state index in [0.717, 1.165) is 34.5 Å². The summed E-state index contributed by atoms with van der Waals surface area (Å²) in [5.74, 6) is 2.11. The van der Waals surface area contributed by atoms with Crippen molar-refractivity contribution < 1.29 is 9.32 Å². The molecule has 1 fully saturated rings. The molecule has 0 bridgehead atoms. The molecule has 1 saturated carbocycles. The van der Waals surface area contributed by atoms with Gasteiger partial charge in [-0.25, -0.2) is 9.97 Å². The minimum atomic E-state index is 0.149. The highest BCUT2D eigenvalue weighted by atomic mass is 16.5. The number of carbonyl (C=O) groups is 1. The summed E-state index contributed by atoms with van der Waals surface area (Å²) in [7, 11) is 3.81. The Morgan fingerprint density at radius 2 is 2.00 bits per heavy atom. The highest BCUT2D eigenvalue weighted by Crippen LogP contribution is 2.37. The predicted octanol–water partition coefficient (Wildman–Crippen LogP) is 3.45. The van der Waals surface area contributed by atoms with E-state index in [9.17, 15) is 4.79 Å². The summed E-state index contributed by atoms with van der Waals surface area (Å²) in [4.78, 5) is 23.0. The zero-order valence-electron chi connectivity index (χ0n) is 17.1. The fraction of sp³-hybridized carbons (Fsp3) is 0.364. The molecule has 7 heteroatoms. The molecule has 7 nitrogen and oxygen atoms in total. The summed E-state index contributed by atoms with van der Waals surface area (Å²) < 4.78 is 5.45. The molecule has 1 aliphatic carbocycles. The van der Waals surface area contributed by atoms with Crippen LogP contribution in [0.3, 0.4) is 0 Å². The Bertz CT molecular complexity index is 1030. The van der Waals surface area contributed by atoms with E-state index in [1.807, 2.05) is 56.3 Å². The number of amides is 1. The number of anilines is 1. The molecule has 0 radical (unpaired) electrons. The predicted molar refractivity (Wildman–Crippen MR) is 111 cm³/mol. The average Bonchev–Trinajstić information content (AvgIpc) is 3.30. The number of aromatic nitrogens is 3. The van der Waals surface area contributed by atoms with Crippen LogP contribution < -0.4 is 10.2 Å². The van der Waals surface area contributed by atoms with Gasteiger partial charge in [-0.2, -0.15) is 0 Å². The number of hydrogen-bond donors (Lipinski definition) is 1. The van der Waals surface area contributed by atoms with E-state index >= 15 is 0 Å². The normalized spacial score (nSPS) is 17.8. The second-order valence-electron chi connectivity index (χ2n) is 7.89. The number of nitrogens with one attached hydrogen (secondary N) is 1. The molecule has 29 heavy (non-hydrogen) atoms. The minimum absolute atomic E-state index is 0.149. The van der Waals surface area contributed by atoms with Gasteiger partial charge in [0.25, 0.3) is 0 Å². The van der Waals surface area contributed by atoms with Gasteiger partial charge in [-0.15, -0.1) is 0 Å². The van der Waals surface area contributed by atoms with Crippen LogP contribution >= 0.6 is 0 Å². The van der Waals surface area contributed by atoms with Crippen LogP contribution in [0.1, 0.15) is 24.6 Å². The smallest absolute Gasteiger partial charge is 0.225 e. The Kier molecular flexibility index (Phi) is 5.05. The van der Waals surface area contributed by atoms with Crippen molar-refractivity contribution in [2.24, 2.45) is 11.8 Å². The summed E-state index contributed by atoms with van der Waals surface area (Å²) in [6.07, 6.45) is 2.76. The van der Waals surface area contributed by atoms with Gasteiger partial charge in [0.2, 0.25) is 11.9 Å². The number of hydrogen-bond acceptors (Lipinski definition) is 6. The second-order valence-corrected chi connectivity index (χ2v) is 7.89. The van der Waals surface area contributed by atoms with Crippen molar-refractivity contribution in [3.05, 3.63) is 47.8 Å². The van der Waals surface area contributed by atoms with Gasteiger partial charge < -0.3 is 14.7 Å². The van der Waals surface area contributed by atoms with Crippen LogP contribution in [0, 0.1) is 18.8 Å². The van der Waals surface area contributed by atoms with Crippen molar-refractivity contribution in [2.75, 3.05) is 19.0 Å². The largest absolute Gasteiger partial charge is 0.356 e. The SMILES string of the molecule is Cc1cc(-c2cnc(N(C)C)nc2-c2ccc(CNC(=O)C3CC3C)cc2)on1. The van der Waals surface area contributed by atoms with Gasteiger partial charge in [0, 0.05) is 44.4 Å². The number of aryl methyl sites for hydroxylation is 1. The first-order chi connectivity index (χ1) is 13.9. The van der Waals surface area contributed by atoms with Gasteiger partial charge in [0.05, 0.1) is 17.0 Å². The van der Waals surface area contributed by atoms with E-state index in [0.29, 0.717) is 24.2 Å². The maximum absolute atomic E-state index is 12.0. The van der Waals surface area contributed by atoms with Crippen LogP contribution in [0.25, 0.3) is 22.6 Å². The third-order valence-corrected chi connectivity index (χ3v) is 5.21. The molecule has 1 N–H and O–H groups in total. The lowest BCUT2D eigenvalue weighted by Crippen LogP contribution is -2.24. The number of carbonyl (C=O) groups excluding carboxylic acids is 1. The quantitative estimate of drug-likeness (QED) is 0.693. The molecule has 4 rings (SSSR count). The molecule has 0 saturated heterocycles. The van der Waals surface area contributed by atoms with E-state index < -0.39 is 0 Å². The van der Waals surface area contributed by atoms with Crippen LogP contribution in [0.4, 0.5) is 5.95 Å². The van der Waals surface area contributed by atoms with E-state index in [1.54, 1.807) is 6.20 Å². The van der Waals surface area contributed by atoms with Crippen LogP contribution in [0.5, 0.6) is 0 Å². The standard InChI is InChI=1S/C22H25N5O2/c1-13-9-17(13)21(28)23-11-15-5-7-16(8-6-15)20-18(19-10-14(2)26-29-19)12-24-22(25-20)27(3)4/h5-8,10,12-13,17H,9,11H2,1-4H3,(H,23,28). The first-order valence-electron chi connectivity index (χ1n) is 9.77. The van der Waals surface area contributed by atoms with Crippen molar-refractivity contribution in [2.45, 2.75) is 26.8 Å². The number of benzene rings is 1. The van der Waals surface area contributed by atoms with Crippen molar-refractivity contribution in [3.8, 4) is 22.6 Å². The molecule has 0 aliphatic heterocycles. The lowest BCUT2D eigenvalue weighted by molar-refractivity contribution is -0.122. The maximum Gasteiger partial charge on any atom is 0.225 e. The third-order valence-electron chi connectivity index (χ3n) is 5.21. The lowest BCUT2D eigenvalue weighted by atomic mass is 10.0. The summed E-state index contributed by atoms with van der Waals surface area (Å²) in [6.45, 7) is 4.52. The Hall–Kier alpha value is -3.22. The van der Waals surface area contributed by atoms with Crippen molar-refractivity contribution in [1.82, 2.24) is 20.4 Å². The average molecular weight is 391 g/mol. The zero-order valence-corrected chi connectivity index (χ0v) is 17.1. The molecular weight excluding hydrogens is 366 g/mol. The van der Waals surface area contributed by atoms with Crippen LogP contribution in [0.2, 0.25) is 0 Å². The third kappa shape index (κ3) is 4.13. The van der Waals surface area contributed by atoms with E-state index in [-0.39, 0.29) is 11.8 Å². The van der Waals surface area contributed by atoms with Gasteiger partial charge in [-0.05, 0) is 24.8 Å². The van der Waals surface area contributed by atoms with Crippen LogP contribution in [-0.2, 0) is 11.3 Å². The second kappa shape index (κ2) is 7.66. The van der Waals surface area contributed by atoms with E-state index in [1.165, 1.54) is 0 Å². The first kappa shape index (κ1) is 19.1. The topological polar surface area (TPSA) is 84.2 Å². The fourth-order valence-electron chi connectivity index (χ4n) is 3.27. The Morgan fingerprint density at radius 3 is 2.59 bits per heavy atom. The number of rotatable bonds is 6. The van der Waals surface area contributed by atoms with Gasteiger partial charge in [-0.3, -0.25) is 4.79 Å². The Labute approximate surface area is 170 Å². The summed E-state index contributed by atoms with van der Waals surface area (Å²) in [5, 5.41) is 7.00. The highest BCUT2D eigenvalue weighted by molar-refractivity contribution is 5.81. The molecule has 2 aromatic heterocycles. The maximum atomic E-state index is 12.0. The summed E-state index contributed by atoms with van der Waals surface area (Å²) in [6, 6.07) is 9.92. The molecule has 1 aromatic carbocycles. The van der Waals surface area contributed by atoms with Gasteiger partial charge in [0.15, 0.2) is 5.76 Å². The molecule has 2 atom stereocenters. The lowest BCUT2D eigenvalue weighted by Gasteiger charge is -2.14. The minimum Gasteiger partial charge on any atom is -0.356 e. The zero-order chi connectivity index (χ0) is 20.5. The molecule has 1 amide bonds. The molecule has 0 spiro atoms. The molecule has 3 aromatic rings. The summed E-state index contributed by atoms with van der Waals surface area (Å²) >= 11 is 0. The van der Waals surface area contributed by atoms with Crippen molar-refractivity contribution >= 4 is 11.9 Å². The first-order valence-corrected chi connectivity index (χ1v) is 9.77. The van der Waals surface area contributed by atoms with Gasteiger partial charge in [0.1, 0.15) is 0 Å². The molecule has 2 unspecified atom stereocenters. The van der Waals surface area contributed by atoms with Crippen LogP contribution in [-0.4, -0.2) is 35.1 Å². The molecular formula is C22H25N5O2. The van der Waals surface area contributed by atoms with E-state index in [4.69, 9.17) is 9.51 Å². The fourth-order valence-corrected chi connectivity index (χ4v) is 3.27. The molecule has 1 aliphatic rings. The van der Waals surface area contributed by atoms with Gasteiger partial charge in [-0.1, -0.05) is 36.3 Å². The summed E-state index contributed by atoms with van der Waals surface area (Å²) in [5.41, 5.74) is 4.38. The highest BCUT2D eigenvalue weighted by Gasteiger charge is 2.38. The molecule has 150 valence electrons. The van der Waals surface area contributed by atoms with Crippen molar-refractivity contribution in [3.63, 3.8) is 0 Å². The Balaban J connectivity index is 1.59. The molecule has 2 heterocycles. The monoisotopic (exact) mass is 391 g/mol. The van der Waals surface area contributed by atoms with Gasteiger partial charge >= 0.3 is 0 Å². The number of nitrogens with zero attached hydrogens (tertiary/aromatic N) is 4. The van der Waals surface area contributed by atoms with Crippen molar-refractivity contribution in [1.29, 1.82) is 0 Å². The Morgan fingerprint density at radius 1 is 1.28 bits per heavy atom.